The minimum absolute atomic E-state index is 0.0692. The van der Waals surface area contributed by atoms with Crippen LogP contribution < -0.4 is 11.1 Å². The van der Waals surface area contributed by atoms with Gasteiger partial charge >= 0.3 is 5.97 Å². The van der Waals surface area contributed by atoms with Crippen LogP contribution in [0, 0.1) is 0 Å². The molecule has 1 heterocycles. The van der Waals surface area contributed by atoms with Gasteiger partial charge in [0.25, 0.3) is 0 Å². The van der Waals surface area contributed by atoms with Gasteiger partial charge in [-0.1, -0.05) is 6.42 Å². The fraction of sp³-hybridized carbons (Fsp3) is 0.500. The van der Waals surface area contributed by atoms with E-state index in [-0.39, 0.29) is 18.2 Å². The Labute approximate surface area is 105 Å². The fourth-order valence-electron chi connectivity index (χ4n) is 1.47. The quantitative estimate of drug-likeness (QED) is 0.603. The van der Waals surface area contributed by atoms with Crippen LogP contribution in [-0.2, 0) is 11.3 Å². The van der Waals surface area contributed by atoms with E-state index in [4.69, 9.17) is 15.3 Å². The van der Waals surface area contributed by atoms with Gasteiger partial charge in [-0.25, -0.2) is 4.79 Å². The molecule has 18 heavy (non-hydrogen) atoms. The Hall–Kier alpha value is -1.82. The molecule has 0 unspecified atom stereocenters. The zero-order valence-electron chi connectivity index (χ0n) is 10.1. The number of carboxylic acids is 1. The highest BCUT2D eigenvalue weighted by Gasteiger charge is 2.09. The highest BCUT2D eigenvalue weighted by Crippen LogP contribution is 2.07. The van der Waals surface area contributed by atoms with E-state index in [1.165, 1.54) is 12.1 Å². The summed E-state index contributed by atoms with van der Waals surface area (Å²) in [5.41, 5.74) is 5.35. The number of carboxylic acid groups (broad SMARTS) is 1. The van der Waals surface area contributed by atoms with Gasteiger partial charge in [0.1, 0.15) is 5.76 Å². The minimum atomic E-state index is -1.12. The lowest BCUT2D eigenvalue weighted by Crippen LogP contribution is -2.22. The van der Waals surface area contributed by atoms with Crippen molar-refractivity contribution in [1.29, 1.82) is 0 Å². The van der Waals surface area contributed by atoms with Crippen molar-refractivity contribution in [2.45, 2.75) is 32.2 Å². The lowest BCUT2D eigenvalue weighted by molar-refractivity contribution is -0.121. The number of nitrogens with two attached hydrogens (primary N) is 1. The molecule has 1 aromatic heterocycles. The largest absolute Gasteiger partial charge is 0.475 e. The number of unbranched alkanes of at least 4 members (excludes halogenated alkanes) is 2. The fourth-order valence-corrected chi connectivity index (χ4v) is 1.47. The Morgan fingerprint density at radius 2 is 2.06 bits per heavy atom. The number of hydrogen-bond donors (Lipinski definition) is 3. The molecule has 6 heteroatoms. The van der Waals surface area contributed by atoms with E-state index in [9.17, 15) is 9.59 Å². The zero-order valence-corrected chi connectivity index (χ0v) is 10.1. The molecule has 0 radical (unpaired) electrons. The van der Waals surface area contributed by atoms with Gasteiger partial charge in [0, 0.05) is 6.42 Å². The Balaban J connectivity index is 2.23. The van der Waals surface area contributed by atoms with E-state index in [0.29, 0.717) is 18.7 Å². The van der Waals surface area contributed by atoms with Gasteiger partial charge in [0.2, 0.25) is 11.7 Å². The van der Waals surface area contributed by atoms with Crippen molar-refractivity contribution in [2.24, 2.45) is 5.73 Å². The molecule has 1 aromatic rings. The first-order chi connectivity index (χ1) is 8.63. The minimum Gasteiger partial charge on any atom is -0.475 e. The van der Waals surface area contributed by atoms with Crippen LogP contribution in [0.1, 0.15) is 42.0 Å². The standard InChI is InChI=1S/C12H18N2O4/c13-7-3-1-2-4-11(15)14-8-9-5-6-10(18-9)12(16)17/h5-6H,1-4,7-8,13H2,(H,14,15)(H,16,17). The molecule has 0 saturated carbocycles. The summed E-state index contributed by atoms with van der Waals surface area (Å²) < 4.78 is 5.01. The summed E-state index contributed by atoms with van der Waals surface area (Å²) >= 11 is 0. The van der Waals surface area contributed by atoms with E-state index in [1.807, 2.05) is 0 Å². The maximum absolute atomic E-state index is 11.4. The molecule has 0 aliphatic heterocycles. The van der Waals surface area contributed by atoms with Gasteiger partial charge in [-0.3, -0.25) is 4.79 Å². The van der Waals surface area contributed by atoms with Crippen LogP contribution in [0.15, 0.2) is 16.5 Å². The molecule has 0 aromatic carbocycles. The van der Waals surface area contributed by atoms with Crippen LogP contribution in [0.4, 0.5) is 0 Å². The average Bonchev–Trinajstić information content (AvgIpc) is 2.81. The number of rotatable bonds is 8. The van der Waals surface area contributed by atoms with Crippen LogP contribution in [0.5, 0.6) is 0 Å². The predicted octanol–water partition coefficient (Wildman–Crippen LogP) is 1.11. The molecule has 0 aliphatic carbocycles. The highest BCUT2D eigenvalue weighted by molar-refractivity contribution is 5.84. The van der Waals surface area contributed by atoms with Crippen LogP contribution in [-0.4, -0.2) is 23.5 Å². The maximum atomic E-state index is 11.4. The van der Waals surface area contributed by atoms with E-state index in [1.54, 1.807) is 0 Å². The van der Waals surface area contributed by atoms with Crippen LogP contribution in [0.2, 0.25) is 0 Å². The maximum Gasteiger partial charge on any atom is 0.371 e. The van der Waals surface area contributed by atoms with Crippen molar-refractivity contribution in [3.8, 4) is 0 Å². The summed E-state index contributed by atoms with van der Waals surface area (Å²) in [6, 6.07) is 2.91. The molecule has 0 spiro atoms. The van der Waals surface area contributed by atoms with Gasteiger partial charge in [0.05, 0.1) is 6.54 Å². The van der Waals surface area contributed by atoms with Crippen molar-refractivity contribution in [3.05, 3.63) is 23.7 Å². The Kier molecular flexibility index (Phi) is 5.93. The molecule has 0 bridgehead atoms. The summed E-state index contributed by atoms with van der Waals surface area (Å²) in [7, 11) is 0. The SMILES string of the molecule is NCCCCCC(=O)NCc1ccc(C(=O)O)o1. The Bertz CT molecular complexity index is 401. The molecule has 0 atom stereocenters. The number of aromatic carboxylic acids is 1. The lowest BCUT2D eigenvalue weighted by Gasteiger charge is -2.02. The van der Waals surface area contributed by atoms with Crippen molar-refractivity contribution in [1.82, 2.24) is 5.32 Å². The molecule has 0 fully saturated rings. The topological polar surface area (TPSA) is 106 Å². The Morgan fingerprint density at radius 1 is 1.28 bits per heavy atom. The molecule has 4 N–H and O–H groups in total. The van der Waals surface area contributed by atoms with Crippen molar-refractivity contribution >= 4 is 11.9 Å². The molecule has 1 amide bonds. The van der Waals surface area contributed by atoms with E-state index >= 15 is 0 Å². The summed E-state index contributed by atoms with van der Waals surface area (Å²) in [5.74, 6) is -0.875. The highest BCUT2D eigenvalue weighted by atomic mass is 16.4. The van der Waals surface area contributed by atoms with Crippen LogP contribution >= 0.6 is 0 Å². The van der Waals surface area contributed by atoms with Crippen LogP contribution in [0.3, 0.4) is 0 Å². The molecule has 1 rings (SSSR count). The number of amides is 1. The van der Waals surface area contributed by atoms with E-state index in [0.717, 1.165) is 19.3 Å². The second kappa shape index (κ2) is 7.50. The van der Waals surface area contributed by atoms with Gasteiger partial charge in [0.15, 0.2) is 0 Å². The molecular weight excluding hydrogens is 236 g/mol. The van der Waals surface area contributed by atoms with Gasteiger partial charge in [-0.2, -0.15) is 0 Å². The molecule has 100 valence electrons. The number of carbonyl (C=O) groups excluding carboxylic acids is 1. The first-order valence-electron chi connectivity index (χ1n) is 5.92. The summed E-state index contributed by atoms with van der Waals surface area (Å²) in [6.07, 6.45) is 3.12. The lowest BCUT2D eigenvalue weighted by atomic mass is 10.2. The third-order valence-electron chi connectivity index (χ3n) is 2.44. The van der Waals surface area contributed by atoms with Gasteiger partial charge < -0.3 is 20.6 Å². The van der Waals surface area contributed by atoms with Crippen molar-refractivity contribution < 1.29 is 19.1 Å². The normalized spacial score (nSPS) is 10.3. The average molecular weight is 254 g/mol. The third-order valence-corrected chi connectivity index (χ3v) is 2.44. The third kappa shape index (κ3) is 5.01. The van der Waals surface area contributed by atoms with Crippen molar-refractivity contribution in [2.75, 3.05) is 6.54 Å². The molecule has 0 saturated heterocycles. The number of nitrogens with one attached hydrogen (secondary N) is 1. The van der Waals surface area contributed by atoms with E-state index < -0.39 is 5.97 Å². The molecule has 6 nitrogen and oxygen atoms in total. The number of hydrogen-bond acceptors (Lipinski definition) is 4. The summed E-state index contributed by atoms with van der Waals surface area (Å²) in [5, 5.41) is 11.3. The zero-order chi connectivity index (χ0) is 13.4. The smallest absolute Gasteiger partial charge is 0.371 e. The predicted molar refractivity (Wildman–Crippen MR) is 65.0 cm³/mol. The second-order valence-electron chi connectivity index (χ2n) is 3.95. The van der Waals surface area contributed by atoms with Crippen molar-refractivity contribution in [3.63, 3.8) is 0 Å². The first kappa shape index (κ1) is 14.2. The number of carbonyl (C=O) groups is 2. The second-order valence-corrected chi connectivity index (χ2v) is 3.95. The molecular formula is C12H18N2O4. The monoisotopic (exact) mass is 254 g/mol. The Morgan fingerprint density at radius 3 is 2.67 bits per heavy atom. The number of furan rings is 1. The summed E-state index contributed by atoms with van der Waals surface area (Å²) in [4.78, 5) is 22.0. The first-order valence-corrected chi connectivity index (χ1v) is 5.92. The molecule has 0 aliphatic rings. The van der Waals surface area contributed by atoms with Crippen LogP contribution in [0.25, 0.3) is 0 Å². The van der Waals surface area contributed by atoms with Gasteiger partial charge in [-0.15, -0.1) is 0 Å². The summed E-state index contributed by atoms with van der Waals surface area (Å²) in [6.45, 7) is 0.856. The van der Waals surface area contributed by atoms with E-state index in [2.05, 4.69) is 5.32 Å². The van der Waals surface area contributed by atoms with Gasteiger partial charge in [-0.05, 0) is 31.5 Å².